The molecule has 29 heavy (non-hydrogen) atoms. The maximum Gasteiger partial charge on any atom is 0.329 e. The van der Waals surface area contributed by atoms with Gasteiger partial charge in [-0.1, -0.05) is 13.8 Å². The Bertz CT molecular complexity index is 917. The largest absolute Gasteiger partial charge is 0.462 e. The van der Waals surface area contributed by atoms with Gasteiger partial charge in [0.1, 0.15) is 23.3 Å². The smallest absolute Gasteiger partial charge is 0.329 e. The second kappa shape index (κ2) is 9.82. The number of hydrogen-bond donors (Lipinski definition) is 0. The Morgan fingerprint density at radius 2 is 1.97 bits per heavy atom. The minimum absolute atomic E-state index is 0.118. The van der Waals surface area contributed by atoms with Crippen molar-refractivity contribution in [1.29, 1.82) is 0 Å². The zero-order chi connectivity index (χ0) is 21.0. The maximum atomic E-state index is 13.6. The van der Waals surface area contributed by atoms with E-state index >= 15 is 0 Å². The highest BCUT2D eigenvalue weighted by Crippen LogP contribution is 2.34. The van der Waals surface area contributed by atoms with Crippen LogP contribution in [0.5, 0.6) is 0 Å². The molecule has 0 spiro atoms. The van der Waals surface area contributed by atoms with Crippen LogP contribution in [0, 0.1) is 0 Å². The molecule has 1 unspecified atom stereocenters. The van der Waals surface area contributed by atoms with E-state index < -0.39 is 12.0 Å². The zero-order valence-electron chi connectivity index (χ0n) is 17.8. The number of thiophene rings is 1. The van der Waals surface area contributed by atoms with Gasteiger partial charge < -0.3 is 9.47 Å². The molecule has 160 valence electrons. The molecule has 3 rings (SSSR count). The Kier molecular flexibility index (Phi) is 7.43. The summed E-state index contributed by atoms with van der Waals surface area (Å²) in [6.07, 6.45) is 4.17. The lowest BCUT2D eigenvalue weighted by molar-refractivity contribution is -0.148. The second-order valence-corrected chi connectivity index (χ2v) is 8.48. The molecule has 1 aliphatic carbocycles. The normalized spacial score (nSPS) is 14.9. The first-order valence-electron chi connectivity index (χ1n) is 10.4. The number of rotatable bonds is 9. The number of fused-ring (bicyclic) bond motifs is 3. The third-order valence-electron chi connectivity index (χ3n) is 5.61. The van der Waals surface area contributed by atoms with Crippen molar-refractivity contribution in [3.05, 3.63) is 26.6 Å². The molecule has 7 nitrogen and oxygen atoms in total. The number of hydrogen-bond acceptors (Lipinski definition) is 7. The molecule has 0 saturated heterocycles. The van der Waals surface area contributed by atoms with Crippen molar-refractivity contribution >= 4 is 27.5 Å². The topological polar surface area (TPSA) is 73.7 Å². The van der Waals surface area contributed by atoms with Crippen LogP contribution in [0.15, 0.2) is 4.79 Å². The van der Waals surface area contributed by atoms with Crippen molar-refractivity contribution in [2.75, 3.05) is 33.4 Å². The summed E-state index contributed by atoms with van der Waals surface area (Å²) in [5, 5.41) is 0.699. The first-order valence-corrected chi connectivity index (χ1v) is 11.3. The van der Waals surface area contributed by atoms with E-state index in [4.69, 9.17) is 14.5 Å². The van der Waals surface area contributed by atoms with Crippen LogP contribution < -0.4 is 5.56 Å². The summed E-state index contributed by atoms with van der Waals surface area (Å²) in [4.78, 5) is 35.4. The van der Waals surface area contributed by atoms with Crippen molar-refractivity contribution in [3.63, 3.8) is 0 Å². The molecule has 2 heterocycles. The summed E-state index contributed by atoms with van der Waals surface area (Å²) in [5.41, 5.74) is 1.02. The number of methoxy groups -OCH3 is 1. The van der Waals surface area contributed by atoms with E-state index in [2.05, 4.69) is 18.7 Å². The lowest BCUT2D eigenvalue weighted by Gasteiger charge is -2.23. The van der Waals surface area contributed by atoms with Crippen LogP contribution in [-0.2, 0) is 33.7 Å². The molecule has 0 fully saturated rings. The van der Waals surface area contributed by atoms with Crippen LogP contribution in [0.1, 0.15) is 55.9 Å². The van der Waals surface area contributed by atoms with Gasteiger partial charge >= 0.3 is 5.97 Å². The quantitative estimate of drug-likeness (QED) is 0.458. The Morgan fingerprint density at radius 1 is 1.24 bits per heavy atom. The molecular formula is C21H31N3O4S. The number of aromatic nitrogens is 2. The fraction of sp³-hybridized carbons (Fsp3) is 0.667. The highest BCUT2D eigenvalue weighted by molar-refractivity contribution is 7.18. The second-order valence-electron chi connectivity index (χ2n) is 7.39. The molecule has 0 radical (unpaired) electrons. The van der Waals surface area contributed by atoms with Crippen molar-refractivity contribution < 1.29 is 14.3 Å². The standard InChI is InChI=1S/C21H31N3O4S/c1-5-23(6-2)13-17-22-19-18(15-9-7-8-10-16(15)29-19)20(25)24(17)14(3)21(26)28-12-11-27-4/h14H,5-13H2,1-4H3. The predicted octanol–water partition coefficient (Wildman–Crippen LogP) is 2.93. The van der Waals surface area contributed by atoms with Crippen molar-refractivity contribution in [2.45, 2.75) is 59.0 Å². The van der Waals surface area contributed by atoms with E-state index in [9.17, 15) is 9.59 Å². The number of aryl methyl sites for hydroxylation is 2. The van der Waals surface area contributed by atoms with Crippen molar-refractivity contribution in [2.24, 2.45) is 0 Å². The Hall–Kier alpha value is -1.77. The molecule has 0 aliphatic heterocycles. The summed E-state index contributed by atoms with van der Waals surface area (Å²) in [6.45, 7) is 8.59. The molecule has 8 heteroatoms. The van der Waals surface area contributed by atoms with Gasteiger partial charge in [0, 0.05) is 12.0 Å². The number of carbonyl (C=O) groups is 1. The molecule has 2 aromatic rings. The van der Waals surface area contributed by atoms with Gasteiger partial charge in [0.05, 0.1) is 18.5 Å². The van der Waals surface area contributed by atoms with Crippen LogP contribution in [0.2, 0.25) is 0 Å². The van der Waals surface area contributed by atoms with E-state index in [0.717, 1.165) is 49.2 Å². The minimum Gasteiger partial charge on any atom is -0.462 e. The summed E-state index contributed by atoms with van der Waals surface area (Å²) >= 11 is 1.64. The van der Waals surface area contributed by atoms with Crippen LogP contribution in [-0.4, -0.2) is 53.8 Å². The number of esters is 1. The fourth-order valence-electron chi connectivity index (χ4n) is 3.87. The average Bonchev–Trinajstić information content (AvgIpc) is 3.10. The number of carbonyl (C=O) groups excluding carboxylic acids is 1. The van der Waals surface area contributed by atoms with Crippen molar-refractivity contribution in [1.82, 2.24) is 14.5 Å². The molecule has 0 amide bonds. The Balaban J connectivity index is 2.09. The lowest BCUT2D eigenvalue weighted by atomic mass is 9.97. The average molecular weight is 422 g/mol. The van der Waals surface area contributed by atoms with Gasteiger partial charge in [-0.2, -0.15) is 0 Å². The summed E-state index contributed by atoms with van der Waals surface area (Å²) < 4.78 is 11.8. The van der Waals surface area contributed by atoms with E-state index in [1.165, 1.54) is 4.88 Å². The molecule has 1 atom stereocenters. The molecule has 0 bridgehead atoms. The Labute approximate surface area is 175 Å². The highest BCUT2D eigenvalue weighted by Gasteiger charge is 2.27. The highest BCUT2D eigenvalue weighted by atomic mass is 32.1. The molecule has 0 saturated carbocycles. The number of nitrogens with zero attached hydrogens (tertiary/aromatic N) is 3. The lowest BCUT2D eigenvalue weighted by Crippen LogP contribution is -2.36. The summed E-state index contributed by atoms with van der Waals surface area (Å²) in [5.74, 6) is 0.191. The molecule has 0 aromatic carbocycles. The molecule has 1 aliphatic rings. The first-order chi connectivity index (χ1) is 14.0. The first kappa shape index (κ1) is 21.9. The van der Waals surface area contributed by atoms with Crippen molar-refractivity contribution in [3.8, 4) is 0 Å². The van der Waals surface area contributed by atoms with Gasteiger partial charge in [-0.3, -0.25) is 14.3 Å². The third-order valence-corrected chi connectivity index (χ3v) is 6.80. The number of ether oxygens (including phenoxy) is 2. The van der Waals surface area contributed by atoms with Crippen LogP contribution >= 0.6 is 11.3 Å². The van der Waals surface area contributed by atoms with E-state index in [0.29, 0.717) is 24.4 Å². The predicted molar refractivity (Wildman–Crippen MR) is 115 cm³/mol. The van der Waals surface area contributed by atoms with Gasteiger partial charge in [0.25, 0.3) is 5.56 Å². The SMILES string of the molecule is CCN(CC)Cc1nc2sc3c(c2c(=O)n1C(C)C(=O)OCCOC)CCCC3. The minimum atomic E-state index is -0.735. The van der Waals surface area contributed by atoms with E-state index in [-0.39, 0.29) is 12.2 Å². The van der Waals surface area contributed by atoms with Gasteiger partial charge in [-0.15, -0.1) is 11.3 Å². The maximum absolute atomic E-state index is 13.6. The summed E-state index contributed by atoms with van der Waals surface area (Å²) in [7, 11) is 1.56. The van der Waals surface area contributed by atoms with Gasteiger partial charge in [-0.25, -0.2) is 9.78 Å². The van der Waals surface area contributed by atoms with E-state index in [1.54, 1.807) is 29.9 Å². The van der Waals surface area contributed by atoms with Crippen LogP contribution in [0.3, 0.4) is 0 Å². The fourth-order valence-corrected chi connectivity index (χ4v) is 5.14. The zero-order valence-corrected chi connectivity index (χ0v) is 18.6. The van der Waals surface area contributed by atoms with Gasteiger partial charge in [0.15, 0.2) is 0 Å². The van der Waals surface area contributed by atoms with Crippen LogP contribution in [0.25, 0.3) is 10.2 Å². The summed E-state index contributed by atoms with van der Waals surface area (Å²) in [6, 6.07) is -0.735. The molecular weight excluding hydrogens is 390 g/mol. The third kappa shape index (κ3) is 4.54. The Morgan fingerprint density at radius 3 is 2.66 bits per heavy atom. The van der Waals surface area contributed by atoms with Gasteiger partial charge in [-0.05, 0) is 51.3 Å². The monoisotopic (exact) mass is 421 g/mol. The molecule has 0 N–H and O–H groups in total. The molecule has 2 aromatic heterocycles. The van der Waals surface area contributed by atoms with Gasteiger partial charge in [0.2, 0.25) is 0 Å². The van der Waals surface area contributed by atoms with Crippen LogP contribution in [0.4, 0.5) is 0 Å². The van der Waals surface area contributed by atoms with E-state index in [1.807, 2.05) is 0 Å².